The standard InChI is InChI=1S/C15H14O2/c16-8-9-17-15-13-6-2-1-4-11(13)10-12-5-3-7-14(12)15/h1-6,10,16H,7-9H2/i7D. The van der Waals surface area contributed by atoms with Crippen LogP contribution < -0.4 is 4.74 Å². The Bertz CT molecular complexity index is 619. The van der Waals surface area contributed by atoms with E-state index in [1.165, 1.54) is 0 Å². The largest absolute Gasteiger partial charge is 0.490 e. The smallest absolute Gasteiger partial charge is 0.131 e. The average Bonchev–Trinajstić information content (AvgIpc) is 2.76. The molecule has 2 aromatic carbocycles. The molecule has 0 bridgehead atoms. The highest BCUT2D eigenvalue weighted by molar-refractivity contribution is 5.93. The molecule has 1 aliphatic carbocycles. The quantitative estimate of drug-likeness (QED) is 0.873. The van der Waals surface area contributed by atoms with Crippen molar-refractivity contribution in [1.82, 2.24) is 0 Å². The number of hydrogen-bond donors (Lipinski definition) is 1. The molecule has 0 saturated carbocycles. The normalized spacial score (nSPS) is 18.2. The number of fused-ring (bicyclic) bond motifs is 2. The summed E-state index contributed by atoms with van der Waals surface area (Å²) in [4.78, 5) is 0. The first-order chi connectivity index (χ1) is 8.81. The zero-order valence-electron chi connectivity index (χ0n) is 10.4. The summed E-state index contributed by atoms with van der Waals surface area (Å²) in [6, 6.07) is 10.1. The predicted octanol–water partition coefficient (Wildman–Crippen LogP) is 2.78. The van der Waals surface area contributed by atoms with E-state index in [9.17, 15) is 0 Å². The summed E-state index contributed by atoms with van der Waals surface area (Å²) in [5.41, 5.74) is 1.95. The van der Waals surface area contributed by atoms with Gasteiger partial charge in [0, 0.05) is 12.3 Å². The first kappa shape index (κ1) is 9.25. The fraction of sp³-hybridized carbons (Fsp3) is 0.200. The summed E-state index contributed by atoms with van der Waals surface area (Å²) in [5.74, 6) is 0.738. The highest BCUT2D eigenvalue weighted by Gasteiger charge is 2.15. The second-order valence-electron chi connectivity index (χ2n) is 4.03. The lowest BCUT2D eigenvalue weighted by molar-refractivity contribution is 0.202. The van der Waals surface area contributed by atoms with Crippen LogP contribution in [-0.4, -0.2) is 18.3 Å². The van der Waals surface area contributed by atoms with Crippen molar-refractivity contribution in [1.29, 1.82) is 0 Å². The summed E-state index contributed by atoms with van der Waals surface area (Å²) in [6.07, 6.45) is 3.44. The summed E-state index contributed by atoms with van der Waals surface area (Å²) < 4.78 is 13.7. The third-order valence-electron chi connectivity index (χ3n) is 2.95. The minimum absolute atomic E-state index is 0.0198. The van der Waals surface area contributed by atoms with Gasteiger partial charge in [-0.25, -0.2) is 0 Å². The van der Waals surface area contributed by atoms with Crippen molar-refractivity contribution in [2.45, 2.75) is 6.40 Å². The lowest BCUT2D eigenvalue weighted by Gasteiger charge is -2.13. The molecule has 0 radical (unpaired) electrons. The molecule has 0 aliphatic heterocycles. The minimum atomic E-state index is -0.377. The van der Waals surface area contributed by atoms with Gasteiger partial charge in [0.2, 0.25) is 0 Å². The van der Waals surface area contributed by atoms with E-state index in [2.05, 4.69) is 6.07 Å². The van der Waals surface area contributed by atoms with Crippen molar-refractivity contribution in [2.75, 3.05) is 13.2 Å². The SMILES string of the molecule is [2H]C1C=Cc2cc3ccccc3c(OCCO)c21. The Kier molecular flexibility index (Phi) is 2.30. The molecule has 0 aromatic heterocycles. The van der Waals surface area contributed by atoms with E-state index in [0.29, 0.717) is 0 Å². The molecule has 3 rings (SSSR count). The molecule has 86 valence electrons. The van der Waals surface area contributed by atoms with E-state index >= 15 is 0 Å². The van der Waals surface area contributed by atoms with Crippen LogP contribution in [0, 0.1) is 0 Å². The van der Waals surface area contributed by atoms with Crippen LogP contribution in [0.4, 0.5) is 0 Å². The number of rotatable bonds is 3. The molecule has 0 fully saturated rings. The zero-order valence-corrected chi connectivity index (χ0v) is 9.39. The molecular weight excluding hydrogens is 212 g/mol. The molecule has 0 amide bonds. The number of allylic oxidation sites excluding steroid dienone is 1. The van der Waals surface area contributed by atoms with Crippen LogP contribution >= 0.6 is 0 Å². The van der Waals surface area contributed by atoms with Gasteiger partial charge < -0.3 is 9.84 Å². The van der Waals surface area contributed by atoms with Crippen molar-refractivity contribution in [3.8, 4) is 5.75 Å². The van der Waals surface area contributed by atoms with Gasteiger partial charge in [-0.2, -0.15) is 0 Å². The highest BCUT2D eigenvalue weighted by Crippen LogP contribution is 2.36. The van der Waals surface area contributed by atoms with Crippen molar-refractivity contribution in [3.63, 3.8) is 0 Å². The summed E-state index contributed by atoms with van der Waals surface area (Å²) in [6.45, 7) is 0.237. The van der Waals surface area contributed by atoms with Crippen LogP contribution in [0.25, 0.3) is 16.8 Å². The Morgan fingerprint density at radius 3 is 3.12 bits per heavy atom. The molecule has 1 N–H and O–H groups in total. The highest BCUT2D eigenvalue weighted by atomic mass is 16.5. The molecule has 0 heterocycles. The molecule has 17 heavy (non-hydrogen) atoms. The predicted molar refractivity (Wildman–Crippen MR) is 69.3 cm³/mol. The molecule has 1 atom stereocenters. The van der Waals surface area contributed by atoms with Gasteiger partial charge in [0.15, 0.2) is 0 Å². The van der Waals surface area contributed by atoms with E-state index in [0.717, 1.165) is 27.6 Å². The van der Waals surface area contributed by atoms with Gasteiger partial charge in [0.25, 0.3) is 0 Å². The van der Waals surface area contributed by atoms with Crippen molar-refractivity contribution < 1.29 is 11.2 Å². The second-order valence-corrected chi connectivity index (χ2v) is 4.03. The number of aliphatic hydroxyl groups is 1. The number of benzene rings is 2. The van der Waals surface area contributed by atoms with Gasteiger partial charge in [0.1, 0.15) is 12.4 Å². The maximum atomic E-state index is 8.93. The van der Waals surface area contributed by atoms with Crippen molar-refractivity contribution in [2.24, 2.45) is 0 Å². The minimum Gasteiger partial charge on any atom is -0.490 e. The van der Waals surface area contributed by atoms with E-state index in [1.54, 1.807) is 0 Å². The molecular formula is C15H14O2. The first-order valence-electron chi connectivity index (χ1n) is 6.29. The molecule has 2 heteroatoms. The van der Waals surface area contributed by atoms with E-state index in [4.69, 9.17) is 11.2 Å². The molecule has 1 unspecified atom stereocenters. The molecule has 2 aromatic rings. The number of ether oxygens (including phenoxy) is 1. The molecule has 1 aliphatic rings. The maximum absolute atomic E-state index is 8.93. The topological polar surface area (TPSA) is 29.5 Å². The third-order valence-corrected chi connectivity index (χ3v) is 2.95. The maximum Gasteiger partial charge on any atom is 0.131 e. The van der Waals surface area contributed by atoms with Crippen LogP contribution in [-0.2, 0) is 6.40 Å². The molecule has 0 spiro atoms. The van der Waals surface area contributed by atoms with Crippen LogP contribution in [0.5, 0.6) is 5.75 Å². The van der Waals surface area contributed by atoms with Gasteiger partial charge in [-0.15, -0.1) is 0 Å². The number of aliphatic hydroxyl groups excluding tert-OH is 1. The van der Waals surface area contributed by atoms with Crippen molar-refractivity contribution >= 4 is 16.8 Å². The lowest BCUT2D eigenvalue weighted by atomic mass is 10.0. The Morgan fingerprint density at radius 2 is 2.24 bits per heavy atom. The van der Waals surface area contributed by atoms with E-state index in [-0.39, 0.29) is 19.6 Å². The van der Waals surface area contributed by atoms with Gasteiger partial charge in [0.05, 0.1) is 6.61 Å². The average molecular weight is 227 g/mol. The third kappa shape index (κ3) is 1.71. The Balaban J connectivity index is 2.24. The summed E-state index contributed by atoms with van der Waals surface area (Å²) in [7, 11) is 0. The monoisotopic (exact) mass is 227 g/mol. The Hall–Kier alpha value is -1.80. The Morgan fingerprint density at radius 1 is 1.35 bits per heavy atom. The van der Waals surface area contributed by atoms with E-state index in [1.807, 2.05) is 36.4 Å². The van der Waals surface area contributed by atoms with Crippen LogP contribution in [0.3, 0.4) is 0 Å². The summed E-state index contributed by atoms with van der Waals surface area (Å²) >= 11 is 0. The first-order valence-corrected chi connectivity index (χ1v) is 5.71. The Labute approximate surface area is 102 Å². The van der Waals surface area contributed by atoms with Crippen molar-refractivity contribution in [3.05, 3.63) is 47.5 Å². The second kappa shape index (κ2) is 4.22. The van der Waals surface area contributed by atoms with Gasteiger partial charge in [-0.05, 0) is 23.4 Å². The lowest BCUT2D eigenvalue weighted by Crippen LogP contribution is -2.04. The van der Waals surface area contributed by atoms with Crippen LogP contribution in [0.15, 0.2) is 36.4 Å². The fourth-order valence-electron chi connectivity index (χ4n) is 2.21. The summed E-state index contributed by atoms with van der Waals surface area (Å²) in [5, 5.41) is 11.0. The van der Waals surface area contributed by atoms with Gasteiger partial charge in [-0.1, -0.05) is 36.4 Å². The van der Waals surface area contributed by atoms with E-state index < -0.39 is 0 Å². The molecule has 0 saturated heterocycles. The molecule has 2 nitrogen and oxygen atoms in total. The number of hydrogen-bond acceptors (Lipinski definition) is 2. The van der Waals surface area contributed by atoms with Crippen LogP contribution in [0.1, 0.15) is 12.5 Å². The van der Waals surface area contributed by atoms with Gasteiger partial charge >= 0.3 is 0 Å². The fourth-order valence-corrected chi connectivity index (χ4v) is 2.21. The zero-order chi connectivity index (χ0) is 12.5. The van der Waals surface area contributed by atoms with Gasteiger partial charge in [-0.3, -0.25) is 0 Å². The van der Waals surface area contributed by atoms with Crippen LogP contribution in [0.2, 0.25) is 0 Å².